The first-order valence-electron chi connectivity index (χ1n) is 9.79. The third-order valence-electron chi connectivity index (χ3n) is 4.95. The molecule has 150 valence electrons. The Labute approximate surface area is 166 Å². The number of para-hydroxylation sites is 1. The van der Waals surface area contributed by atoms with Crippen molar-refractivity contribution in [2.45, 2.75) is 19.8 Å². The van der Waals surface area contributed by atoms with Crippen LogP contribution in [-0.4, -0.2) is 50.3 Å². The summed E-state index contributed by atoms with van der Waals surface area (Å²) in [6.07, 6.45) is 0. The first kappa shape index (κ1) is 20.0. The van der Waals surface area contributed by atoms with Crippen LogP contribution in [0.1, 0.15) is 25.3 Å². The number of anilines is 1. The maximum Gasteiger partial charge on any atom is 0.317 e. The highest BCUT2D eigenvalue weighted by atomic mass is 19.1. The predicted octanol–water partition coefficient (Wildman–Crippen LogP) is 3.86. The maximum absolute atomic E-state index is 13.9. The molecule has 1 N–H and O–H groups in total. The zero-order valence-corrected chi connectivity index (χ0v) is 16.5. The molecule has 1 aliphatic heterocycles. The van der Waals surface area contributed by atoms with Gasteiger partial charge >= 0.3 is 6.03 Å². The Hall–Kier alpha value is -2.76. The van der Waals surface area contributed by atoms with Crippen LogP contribution in [0.2, 0.25) is 0 Å². The molecular weight excluding hydrogens is 357 g/mol. The van der Waals surface area contributed by atoms with E-state index in [1.165, 1.54) is 11.6 Å². The van der Waals surface area contributed by atoms with Gasteiger partial charge in [-0.2, -0.15) is 0 Å². The lowest BCUT2D eigenvalue weighted by atomic mass is 10.0. The van der Waals surface area contributed by atoms with E-state index in [1.54, 1.807) is 17.0 Å². The number of hydrogen-bond donors (Lipinski definition) is 1. The van der Waals surface area contributed by atoms with E-state index in [-0.39, 0.29) is 11.8 Å². The van der Waals surface area contributed by atoms with Crippen molar-refractivity contribution in [2.24, 2.45) is 0 Å². The number of nitrogens with zero attached hydrogens (tertiary/aromatic N) is 2. The summed E-state index contributed by atoms with van der Waals surface area (Å²) in [6, 6.07) is 14.7. The van der Waals surface area contributed by atoms with E-state index in [9.17, 15) is 9.18 Å². The van der Waals surface area contributed by atoms with Crippen LogP contribution in [0.15, 0.2) is 48.5 Å². The molecule has 6 heteroatoms. The first-order chi connectivity index (χ1) is 13.5. The molecule has 0 atom stereocenters. The molecule has 0 spiro atoms. The van der Waals surface area contributed by atoms with Crippen molar-refractivity contribution in [2.75, 3.05) is 44.2 Å². The highest BCUT2D eigenvalue weighted by Crippen LogP contribution is 2.20. The third-order valence-corrected chi connectivity index (χ3v) is 4.95. The Morgan fingerprint density at radius 1 is 1.07 bits per heavy atom. The van der Waals surface area contributed by atoms with Gasteiger partial charge in [-0.05, 0) is 35.7 Å². The summed E-state index contributed by atoms with van der Waals surface area (Å²) >= 11 is 0. The van der Waals surface area contributed by atoms with E-state index in [2.05, 4.69) is 31.3 Å². The number of halogens is 1. The summed E-state index contributed by atoms with van der Waals surface area (Å²) in [7, 11) is 0. The lowest BCUT2D eigenvalue weighted by molar-refractivity contribution is 0.191. The van der Waals surface area contributed by atoms with Gasteiger partial charge in [-0.25, -0.2) is 9.18 Å². The molecule has 2 aromatic rings. The van der Waals surface area contributed by atoms with Gasteiger partial charge in [0.1, 0.15) is 18.2 Å². The number of piperazine rings is 1. The number of carbonyl (C=O) groups excluding carboxylic acids is 1. The fourth-order valence-electron chi connectivity index (χ4n) is 3.25. The van der Waals surface area contributed by atoms with Gasteiger partial charge in [0.25, 0.3) is 0 Å². The molecule has 0 radical (unpaired) electrons. The minimum absolute atomic E-state index is 0.105. The van der Waals surface area contributed by atoms with Crippen LogP contribution in [0.4, 0.5) is 14.9 Å². The van der Waals surface area contributed by atoms with Gasteiger partial charge in [-0.3, -0.25) is 0 Å². The quantitative estimate of drug-likeness (QED) is 0.768. The zero-order valence-electron chi connectivity index (χ0n) is 16.5. The second kappa shape index (κ2) is 9.44. The predicted molar refractivity (Wildman–Crippen MR) is 110 cm³/mol. The molecule has 2 aromatic carbocycles. The van der Waals surface area contributed by atoms with Crippen molar-refractivity contribution >= 4 is 11.7 Å². The van der Waals surface area contributed by atoms with Crippen LogP contribution < -0.4 is 15.0 Å². The molecule has 0 aliphatic carbocycles. The van der Waals surface area contributed by atoms with Gasteiger partial charge in [-0.1, -0.05) is 38.1 Å². The maximum atomic E-state index is 13.9. The summed E-state index contributed by atoms with van der Waals surface area (Å²) in [5, 5.41) is 2.89. The Bertz CT molecular complexity index is 772. The number of amides is 2. The van der Waals surface area contributed by atoms with Crippen LogP contribution in [-0.2, 0) is 0 Å². The summed E-state index contributed by atoms with van der Waals surface area (Å²) < 4.78 is 19.6. The van der Waals surface area contributed by atoms with Crippen molar-refractivity contribution in [1.82, 2.24) is 10.2 Å². The number of rotatable bonds is 6. The van der Waals surface area contributed by atoms with Gasteiger partial charge < -0.3 is 19.9 Å². The van der Waals surface area contributed by atoms with Crippen molar-refractivity contribution < 1.29 is 13.9 Å². The van der Waals surface area contributed by atoms with Gasteiger partial charge in [0.15, 0.2) is 0 Å². The van der Waals surface area contributed by atoms with Gasteiger partial charge in [0.05, 0.1) is 12.2 Å². The average Bonchev–Trinajstić information content (AvgIpc) is 2.72. The van der Waals surface area contributed by atoms with Crippen LogP contribution in [0.5, 0.6) is 5.75 Å². The molecule has 5 nitrogen and oxygen atoms in total. The SMILES string of the molecule is CC(C)c1ccc(OCCNC(=O)N2CCN(c3ccccc3F)CC2)cc1. The van der Waals surface area contributed by atoms with E-state index >= 15 is 0 Å². The van der Waals surface area contributed by atoms with E-state index in [4.69, 9.17) is 4.74 Å². The fourth-order valence-corrected chi connectivity index (χ4v) is 3.25. The smallest absolute Gasteiger partial charge is 0.317 e. The molecule has 0 unspecified atom stereocenters. The minimum atomic E-state index is -0.223. The Kier molecular flexibility index (Phi) is 6.74. The van der Waals surface area contributed by atoms with Gasteiger partial charge in [0, 0.05) is 26.2 Å². The average molecular weight is 385 g/mol. The molecular formula is C22H28FN3O2. The fraction of sp³-hybridized carbons (Fsp3) is 0.409. The first-order valence-corrected chi connectivity index (χ1v) is 9.79. The molecule has 1 saturated heterocycles. The topological polar surface area (TPSA) is 44.8 Å². The zero-order chi connectivity index (χ0) is 19.9. The lowest BCUT2D eigenvalue weighted by Gasteiger charge is -2.36. The minimum Gasteiger partial charge on any atom is -0.492 e. The number of urea groups is 1. The molecule has 3 rings (SSSR count). The summed E-state index contributed by atoms with van der Waals surface area (Å²) in [5.74, 6) is 1.07. The van der Waals surface area contributed by atoms with Crippen LogP contribution >= 0.6 is 0 Å². The second-order valence-electron chi connectivity index (χ2n) is 7.23. The van der Waals surface area contributed by atoms with Crippen LogP contribution in [0.3, 0.4) is 0 Å². The van der Waals surface area contributed by atoms with Crippen molar-refractivity contribution in [1.29, 1.82) is 0 Å². The monoisotopic (exact) mass is 385 g/mol. The van der Waals surface area contributed by atoms with Crippen LogP contribution in [0.25, 0.3) is 0 Å². The van der Waals surface area contributed by atoms with E-state index in [0.29, 0.717) is 50.9 Å². The number of ether oxygens (including phenoxy) is 1. The third kappa shape index (κ3) is 5.15. The molecule has 0 saturated carbocycles. The Morgan fingerprint density at radius 3 is 2.39 bits per heavy atom. The number of nitrogens with one attached hydrogen (secondary N) is 1. The summed E-state index contributed by atoms with van der Waals surface area (Å²) in [5.41, 5.74) is 1.87. The van der Waals surface area contributed by atoms with E-state index in [1.807, 2.05) is 23.1 Å². The second-order valence-corrected chi connectivity index (χ2v) is 7.23. The summed E-state index contributed by atoms with van der Waals surface area (Å²) in [4.78, 5) is 16.0. The number of carbonyl (C=O) groups is 1. The molecule has 0 aromatic heterocycles. The number of hydrogen-bond acceptors (Lipinski definition) is 3. The molecule has 1 fully saturated rings. The van der Waals surface area contributed by atoms with Crippen LogP contribution in [0, 0.1) is 5.82 Å². The van der Waals surface area contributed by atoms with E-state index < -0.39 is 0 Å². The highest BCUT2D eigenvalue weighted by Gasteiger charge is 2.22. The molecule has 0 bridgehead atoms. The normalized spacial score (nSPS) is 14.3. The standard InChI is InChI=1S/C22H28FN3O2/c1-17(2)18-7-9-19(10-8-18)28-16-11-24-22(27)26-14-12-25(13-15-26)21-6-4-3-5-20(21)23/h3-10,17H,11-16H2,1-2H3,(H,24,27). The molecule has 1 heterocycles. The largest absolute Gasteiger partial charge is 0.492 e. The summed E-state index contributed by atoms with van der Waals surface area (Å²) in [6.45, 7) is 7.54. The van der Waals surface area contributed by atoms with Crippen molar-refractivity contribution in [3.63, 3.8) is 0 Å². The number of benzene rings is 2. The Balaban J connectivity index is 1.37. The molecule has 2 amide bonds. The lowest BCUT2D eigenvalue weighted by Crippen LogP contribution is -2.52. The van der Waals surface area contributed by atoms with E-state index in [0.717, 1.165) is 5.75 Å². The van der Waals surface area contributed by atoms with Crippen molar-refractivity contribution in [3.05, 3.63) is 59.9 Å². The Morgan fingerprint density at radius 2 is 1.75 bits per heavy atom. The van der Waals surface area contributed by atoms with Gasteiger partial charge in [0.2, 0.25) is 0 Å². The van der Waals surface area contributed by atoms with Gasteiger partial charge in [-0.15, -0.1) is 0 Å². The highest BCUT2D eigenvalue weighted by molar-refractivity contribution is 5.74. The molecule has 1 aliphatic rings. The molecule has 28 heavy (non-hydrogen) atoms. The van der Waals surface area contributed by atoms with Crippen molar-refractivity contribution in [3.8, 4) is 5.75 Å².